The number of hydrogen-bond acceptors (Lipinski definition) is 3. The maximum atomic E-state index is 12.5. The number of likely N-dealkylation sites (tertiary alicyclic amines) is 1. The lowest BCUT2D eigenvalue weighted by atomic mass is 9.86. The maximum Gasteiger partial charge on any atom is 0.317 e. The predicted molar refractivity (Wildman–Crippen MR) is 134 cm³/mol. The Bertz CT molecular complexity index is 1040. The number of carbonyl (C=O) groups is 1. The lowest BCUT2D eigenvalue weighted by molar-refractivity contribution is 0.165. The molecule has 1 aliphatic rings. The molecule has 0 bridgehead atoms. The molecule has 2 atom stereocenters. The third kappa shape index (κ3) is 5.55. The van der Waals surface area contributed by atoms with E-state index in [0.717, 1.165) is 24.3 Å². The molecule has 0 spiro atoms. The van der Waals surface area contributed by atoms with Crippen LogP contribution in [-0.2, 0) is 6.54 Å². The Kier molecular flexibility index (Phi) is 7.63. The van der Waals surface area contributed by atoms with Gasteiger partial charge in [0.1, 0.15) is 5.75 Å². The molecular weight excluding hydrogens is 410 g/mol. The van der Waals surface area contributed by atoms with Crippen molar-refractivity contribution in [3.63, 3.8) is 0 Å². The number of ether oxygens (including phenoxy) is 1. The van der Waals surface area contributed by atoms with Crippen molar-refractivity contribution in [3.05, 3.63) is 90.0 Å². The van der Waals surface area contributed by atoms with E-state index >= 15 is 0 Å². The van der Waals surface area contributed by atoms with Gasteiger partial charge in [0.05, 0.1) is 7.11 Å². The molecule has 172 valence electrons. The summed E-state index contributed by atoms with van der Waals surface area (Å²) in [5.41, 5.74) is 4.77. The van der Waals surface area contributed by atoms with Gasteiger partial charge >= 0.3 is 6.03 Å². The van der Waals surface area contributed by atoms with E-state index in [0.29, 0.717) is 19.6 Å². The number of nitrogens with zero attached hydrogens (tertiary/aromatic N) is 1. The van der Waals surface area contributed by atoms with Crippen molar-refractivity contribution in [1.29, 1.82) is 0 Å². The van der Waals surface area contributed by atoms with Crippen LogP contribution in [-0.4, -0.2) is 43.7 Å². The SMILES string of the molecule is CCNC(=O)N1CCC(NCc2cc(-c3ccccc3)ccc2OC)C(c2ccccc2)C1. The van der Waals surface area contributed by atoms with Crippen molar-refractivity contribution in [2.24, 2.45) is 0 Å². The zero-order chi connectivity index (χ0) is 23.0. The van der Waals surface area contributed by atoms with E-state index in [9.17, 15) is 4.79 Å². The topological polar surface area (TPSA) is 53.6 Å². The zero-order valence-corrected chi connectivity index (χ0v) is 19.5. The predicted octanol–water partition coefficient (Wildman–Crippen LogP) is 5.04. The van der Waals surface area contributed by atoms with Crippen LogP contribution in [0.1, 0.15) is 30.4 Å². The van der Waals surface area contributed by atoms with E-state index in [-0.39, 0.29) is 18.0 Å². The summed E-state index contributed by atoms with van der Waals surface area (Å²) < 4.78 is 5.66. The lowest BCUT2D eigenvalue weighted by Gasteiger charge is -2.39. The number of hydrogen-bond donors (Lipinski definition) is 2. The second-order valence-corrected chi connectivity index (χ2v) is 8.47. The number of methoxy groups -OCH3 is 1. The van der Waals surface area contributed by atoms with Crippen molar-refractivity contribution in [2.45, 2.75) is 31.8 Å². The third-order valence-corrected chi connectivity index (χ3v) is 6.40. The second-order valence-electron chi connectivity index (χ2n) is 8.47. The summed E-state index contributed by atoms with van der Waals surface area (Å²) in [6.45, 7) is 4.75. The molecular formula is C28H33N3O2. The summed E-state index contributed by atoms with van der Waals surface area (Å²) in [6, 6.07) is 27.6. The highest BCUT2D eigenvalue weighted by atomic mass is 16.5. The summed E-state index contributed by atoms with van der Waals surface area (Å²) >= 11 is 0. The molecule has 33 heavy (non-hydrogen) atoms. The van der Waals surface area contributed by atoms with Crippen molar-refractivity contribution in [3.8, 4) is 16.9 Å². The quantitative estimate of drug-likeness (QED) is 0.538. The van der Waals surface area contributed by atoms with Gasteiger partial charge in [-0.15, -0.1) is 0 Å². The van der Waals surface area contributed by atoms with Crippen molar-refractivity contribution < 1.29 is 9.53 Å². The molecule has 0 radical (unpaired) electrons. The number of carbonyl (C=O) groups excluding carboxylic acids is 1. The van der Waals surface area contributed by atoms with Crippen LogP contribution in [0.5, 0.6) is 5.75 Å². The molecule has 2 N–H and O–H groups in total. The van der Waals surface area contributed by atoms with Crippen LogP contribution in [0.15, 0.2) is 78.9 Å². The molecule has 3 aromatic rings. The first-order valence-electron chi connectivity index (χ1n) is 11.7. The summed E-state index contributed by atoms with van der Waals surface area (Å²) in [7, 11) is 1.72. The smallest absolute Gasteiger partial charge is 0.317 e. The molecule has 1 saturated heterocycles. The van der Waals surface area contributed by atoms with E-state index in [4.69, 9.17) is 4.74 Å². The number of amides is 2. The largest absolute Gasteiger partial charge is 0.496 e. The average Bonchev–Trinajstić information content (AvgIpc) is 2.88. The number of nitrogens with one attached hydrogen (secondary N) is 2. The van der Waals surface area contributed by atoms with E-state index in [1.807, 2.05) is 30.0 Å². The number of rotatable bonds is 7. The monoisotopic (exact) mass is 443 g/mol. The van der Waals surface area contributed by atoms with Crippen LogP contribution < -0.4 is 15.4 Å². The van der Waals surface area contributed by atoms with Gasteiger partial charge in [-0.3, -0.25) is 0 Å². The molecule has 0 aromatic heterocycles. The van der Waals surface area contributed by atoms with Gasteiger partial charge < -0.3 is 20.3 Å². The first-order valence-corrected chi connectivity index (χ1v) is 11.7. The fraction of sp³-hybridized carbons (Fsp3) is 0.321. The Morgan fingerprint density at radius 3 is 2.42 bits per heavy atom. The first-order chi connectivity index (χ1) is 16.2. The third-order valence-electron chi connectivity index (χ3n) is 6.40. The van der Waals surface area contributed by atoms with Gasteiger partial charge in [-0.1, -0.05) is 66.7 Å². The van der Waals surface area contributed by atoms with Crippen LogP contribution in [0, 0.1) is 0 Å². The normalized spacial score (nSPS) is 18.1. The number of piperidine rings is 1. The minimum Gasteiger partial charge on any atom is -0.496 e. The van der Waals surface area contributed by atoms with Crippen LogP contribution in [0.3, 0.4) is 0 Å². The van der Waals surface area contributed by atoms with Gasteiger partial charge in [0.25, 0.3) is 0 Å². The first kappa shape index (κ1) is 22.9. The van der Waals surface area contributed by atoms with Crippen LogP contribution in [0.4, 0.5) is 4.79 Å². The van der Waals surface area contributed by atoms with E-state index < -0.39 is 0 Å². The van der Waals surface area contributed by atoms with E-state index in [2.05, 4.69) is 71.3 Å². The molecule has 2 amide bonds. The molecule has 1 fully saturated rings. The standard InChI is InChI=1S/C28H33N3O2/c1-3-29-28(32)31-17-16-26(25(20-31)22-12-8-5-9-13-22)30-19-24-18-23(14-15-27(24)33-2)21-10-6-4-7-11-21/h4-15,18,25-26,30H,3,16-17,19-20H2,1-2H3,(H,29,32). The van der Waals surface area contributed by atoms with Gasteiger partial charge in [0, 0.05) is 43.7 Å². The Hall–Kier alpha value is -3.31. The van der Waals surface area contributed by atoms with Crippen molar-refractivity contribution >= 4 is 6.03 Å². The summed E-state index contributed by atoms with van der Waals surface area (Å²) in [6.07, 6.45) is 0.900. The highest BCUT2D eigenvalue weighted by Gasteiger charge is 2.32. The Balaban J connectivity index is 1.53. The Morgan fingerprint density at radius 1 is 1.00 bits per heavy atom. The fourth-order valence-corrected chi connectivity index (χ4v) is 4.65. The lowest BCUT2D eigenvalue weighted by Crippen LogP contribution is -2.52. The Labute approximate surface area is 196 Å². The molecule has 5 heteroatoms. The Morgan fingerprint density at radius 2 is 1.73 bits per heavy atom. The number of benzene rings is 3. The van der Waals surface area contributed by atoms with Gasteiger partial charge in [-0.25, -0.2) is 4.79 Å². The van der Waals surface area contributed by atoms with Crippen LogP contribution in [0.25, 0.3) is 11.1 Å². The molecule has 1 heterocycles. The molecule has 0 aliphatic carbocycles. The molecule has 4 rings (SSSR count). The maximum absolute atomic E-state index is 12.5. The highest BCUT2D eigenvalue weighted by molar-refractivity contribution is 5.74. The minimum atomic E-state index is 0.0223. The van der Waals surface area contributed by atoms with Gasteiger partial charge in [-0.2, -0.15) is 0 Å². The van der Waals surface area contributed by atoms with Crippen LogP contribution in [0.2, 0.25) is 0 Å². The van der Waals surface area contributed by atoms with E-state index in [1.54, 1.807) is 7.11 Å². The molecule has 5 nitrogen and oxygen atoms in total. The highest BCUT2D eigenvalue weighted by Crippen LogP contribution is 2.30. The molecule has 1 aliphatic heterocycles. The van der Waals surface area contributed by atoms with Crippen molar-refractivity contribution in [2.75, 3.05) is 26.7 Å². The zero-order valence-electron chi connectivity index (χ0n) is 19.5. The second kappa shape index (κ2) is 11.0. The summed E-state index contributed by atoms with van der Waals surface area (Å²) in [4.78, 5) is 14.4. The van der Waals surface area contributed by atoms with Gasteiger partial charge in [0.2, 0.25) is 0 Å². The minimum absolute atomic E-state index is 0.0223. The van der Waals surface area contributed by atoms with Crippen LogP contribution >= 0.6 is 0 Å². The number of urea groups is 1. The summed E-state index contributed by atoms with van der Waals surface area (Å²) in [5, 5.41) is 6.74. The van der Waals surface area contributed by atoms with Gasteiger partial charge in [-0.05, 0) is 42.2 Å². The average molecular weight is 444 g/mol. The molecule has 0 saturated carbocycles. The summed E-state index contributed by atoms with van der Waals surface area (Å²) in [5.74, 6) is 1.11. The van der Waals surface area contributed by atoms with Crippen molar-refractivity contribution in [1.82, 2.24) is 15.5 Å². The molecule has 3 aromatic carbocycles. The van der Waals surface area contributed by atoms with E-state index in [1.165, 1.54) is 16.7 Å². The van der Waals surface area contributed by atoms with Gasteiger partial charge in [0.15, 0.2) is 0 Å². The fourth-order valence-electron chi connectivity index (χ4n) is 4.65. The molecule has 2 unspecified atom stereocenters.